The summed E-state index contributed by atoms with van der Waals surface area (Å²) >= 11 is 0. The molecule has 0 unspecified atom stereocenters. The molecule has 0 N–H and O–H groups in total. The number of hydrogen-bond donors (Lipinski definition) is 0. The third-order valence-electron chi connectivity index (χ3n) is 3.14. The molecule has 4 nitrogen and oxygen atoms in total. The summed E-state index contributed by atoms with van der Waals surface area (Å²) in [5.74, 6) is 0.815. The number of carbonyl (C=O) groups excluding carboxylic acids is 2. The van der Waals surface area contributed by atoms with Gasteiger partial charge in [0.05, 0.1) is 11.7 Å². The van der Waals surface area contributed by atoms with Gasteiger partial charge in [-0.3, -0.25) is 9.59 Å². The molecule has 1 atom stereocenters. The van der Waals surface area contributed by atoms with E-state index < -0.39 is 0 Å². The lowest BCUT2D eigenvalue weighted by atomic mass is 10.1. The fraction of sp³-hybridized carbons (Fsp3) is 0.333. The average molecular weight is 217 g/mol. The number of nitrogens with zero attached hydrogens (tertiary/aromatic N) is 1. The van der Waals surface area contributed by atoms with Crippen LogP contribution in [0.4, 0.5) is 5.69 Å². The van der Waals surface area contributed by atoms with Crippen LogP contribution in [-0.2, 0) is 4.79 Å². The first kappa shape index (κ1) is 9.39. The van der Waals surface area contributed by atoms with Crippen molar-refractivity contribution < 1.29 is 14.3 Å². The second kappa shape index (κ2) is 3.33. The highest BCUT2D eigenvalue weighted by Gasteiger charge is 2.37. The second-order valence-electron chi connectivity index (χ2n) is 4.11. The molecule has 1 saturated heterocycles. The highest BCUT2D eigenvalue weighted by Crippen LogP contribution is 2.38. The maximum absolute atomic E-state index is 11.8. The third-order valence-corrected chi connectivity index (χ3v) is 3.14. The van der Waals surface area contributed by atoms with Gasteiger partial charge in [0.1, 0.15) is 18.6 Å². The fourth-order valence-electron chi connectivity index (χ4n) is 2.34. The van der Waals surface area contributed by atoms with Gasteiger partial charge in [-0.2, -0.15) is 0 Å². The SMILES string of the molecule is O=Cc1ccc2c(c1)N1C(=O)CC[C@@H]1CO2. The van der Waals surface area contributed by atoms with Crippen molar-refractivity contribution in [1.29, 1.82) is 0 Å². The largest absolute Gasteiger partial charge is 0.489 e. The summed E-state index contributed by atoms with van der Waals surface area (Å²) in [6, 6.07) is 5.31. The Morgan fingerprint density at radius 2 is 2.31 bits per heavy atom. The molecule has 3 rings (SSSR count). The van der Waals surface area contributed by atoms with Crippen molar-refractivity contribution in [3.05, 3.63) is 23.8 Å². The van der Waals surface area contributed by atoms with Crippen LogP contribution >= 0.6 is 0 Å². The molecule has 16 heavy (non-hydrogen) atoms. The highest BCUT2D eigenvalue weighted by atomic mass is 16.5. The minimum absolute atomic E-state index is 0.123. The van der Waals surface area contributed by atoms with Gasteiger partial charge in [-0.15, -0.1) is 0 Å². The number of rotatable bonds is 1. The van der Waals surface area contributed by atoms with Crippen LogP contribution in [0.2, 0.25) is 0 Å². The number of fused-ring (bicyclic) bond motifs is 3. The Bertz CT molecular complexity index is 469. The standard InChI is InChI=1S/C12H11NO3/c14-6-8-1-3-11-10(5-8)13-9(7-16-11)2-4-12(13)15/h1,3,5-6,9H,2,4,7H2/t9-/m1/s1. The van der Waals surface area contributed by atoms with Gasteiger partial charge in [-0.1, -0.05) is 0 Å². The Labute approximate surface area is 92.8 Å². The molecule has 2 heterocycles. The predicted octanol–water partition coefficient (Wildman–Crippen LogP) is 1.39. The number of benzene rings is 1. The summed E-state index contributed by atoms with van der Waals surface area (Å²) in [4.78, 5) is 24.2. The van der Waals surface area contributed by atoms with Crippen molar-refractivity contribution in [1.82, 2.24) is 0 Å². The molecule has 0 radical (unpaired) electrons. The molecule has 1 aromatic carbocycles. The van der Waals surface area contributed by atoms with Gasteiger partial charge in [0.25, 0.3) is 0 Å². The van der Waals surface area contributed by atoms with Gasteiger partial charge in [0.15, 0.2) is 0 Å². The molecule has 0 spiro atoms. The van der Waals surface area contributed by atoms with E-state index in [1.165, 1.54) is 0 Å². The summed E-state index contributed by atoms with van der Waals surface area (Å²) in [7, 11) is 0. The van der Waals surface area contributed by atoms with Crippen LogP contribution in [0.15, 0.2) is 18.2 Å². The normalized spacial score (nSPS) is 22.4. The number of anilines is 1. The van der Waals surface area contributed by atoms with E-state index in [1.54, 1.807) is 23.1 Å². The zero-order valence-corrected chi connectivity index (χ0v) is 8.68. The Morgan fingerprint density at radius 3 is 3.12 bits per heavy atom. The molecule has 1 amide bonds. The summed E-state index contributed by atoms with van der Waals surface area (Å²) in [6.45, 7) is 0.555. The minimum Gasteiger partial charge on any atom is -0.489 e. The van der Waals surface area contributed by atoms with Crippen molar-refractivity contribution >= 4 is 17.9 Å². The van der Waals surface area contributed by atoms with Crippen LogP contribution in [0.3, 0.4) is 0 Å². The Morgan fingerprint density at radius 1 is 1.44 bits per heavy atom. The van der Waals surface area contributed by atoms with Crippen molar-refractivity contribution in [2.75, 3.05) is 11.5 Å². The van der Waals surface area contributed by atoms with E-state index in [4.69, 9.17) is 4.74 Å². The number of hydrogen-bond acceptors (Lipinski definition) is 3. The van der Waals surface area contributed by atoms with Crippen molar-refractivity contribution in [3.8, 4) is 5.75 Å². The average Bonchev–Trinajstić information content (AvgIpc) is 2.71. The van der Waals surface area contributed by atoms with Crippen LogP contribution in [0.5, 0.6) is 5.75 Å². The lowest BCUT2D eigenvalue weighted by Crippen LogP contribution is -2.40. The molecule has 82 valence electrons. The zero-order chi connectivity index (χ0) is 11.1. The molecule has 4 heteroatoms. The molecular formula is C12H11NO3. The van der Waals surface area contributed by atoms with Gasteiger partial charge in [0, 0.05) is 12.0 Å². The lowest BCUT2D eigenvalue weighted by Gasteiger charge is -2.32. The fourth-order valence-corrected chi connectivity index (χ4v) is 2.34. The van der Waals surface area contributed by atoms with Crippen molar-refractivity contribution in [2.24, 2.45) is 0 Å². The molecule has 0 saturated carbocycles. The number of ether oxygens (including phenoxy) is 1. The predicted molar refractivity (Wildman–Crippen MR) is 57.8 cm³/mol. The summed E-state index contributed by atoms with van der Waals surface area (Å²) in [5.41, 5.74) is 1.31. The van der Waals surface area contributed by atoms with E-state index in [1.807, 2.05) is 0 Å². The maximum Gasteiger partial charge on any atom is 0.227 e. The van der Waals surface area contributed by atoms with E-state index >= 15 is 0 Å². The molecule has 0 aromatic heterocycles. The number of aldehydes is 1. The van der Waals surface area contributed by atoms with E-state index in [0.29, 0.717) is 24.3 Å². The highest BCUT2D eigenvalue weighted by molar-refractivity contribution is 5.99. The van der Waals surface area contributed by atoms with Crippen LogP contribution in [0.25, 0.3) is 0 Å². The van der Waals surface area contributed by atoms with Gasteiger partial charge in [-0.05, 0) is 24.6 Å². The molecule has 0 bridgehead atoms. The zero-order valence-electron chi connectivity index (χ0n) is 8.68. The summed E-state index contributed by atoms with van der Waals surface area (Å²) in [5, 5.41) is 0. The van der Waals surface area contributed by atoms with Crippen LogP contribution in [0, 0.1) is 0 Å². The topological polar surface area (TPSA) is 46.6 Å². The maximum atomic E-state index is 11.8. The molecule has 0 aliphatic carbocycles. The van der Waals surface area contributed by atoms with Gasteiger partial charge in [-0.25, -0.2) is 0 Å². The molecular weight excluding hydrogens is 206 g/mol. The lowest BCUT2D eigenvalue weighted by molar-refractivity contribution is -0.117. The van der Waals surface area contributed by atoms with Gasteiger partial charge < -0.3 is 9.64 Å². The first-order chi connectivity index (χ1) is 7.79. The van der Waals surface area contributed by atoms with Crippen molar-refractivity contribution in [2.45, 2.75) is 18.9 Å². The Hall–Kier alpha value is -1.84. The molecule has 1 fully saturated rings. The quantitative estimate of drug-likeness (QED) is 0.668. The van der Waals surface area contributed by atoms with E-state index in [2.05, 4.69) is 0 Å². The third kappa shape index (κ3) is 1.23. The minimum atomic E-state index is 0.123. The second-order valence-corrected chi connectivity index (χ2v) is 4.11. The van der Waals surface area contributed by atoms with E-state index in [-0.39, 0.29) is 11.9 Å². The Balaban J connectivity index is 2.11. The number of amides is 1. The summed E-state index contributed by atoms with van der Waals surface area (Å²) in [6.07, 6.45) is 2.19. The van der Waals surface area contributed by atoms with E-state index in [9.17, 15) is 9.59 Å². The summed E-state index contributed by atoms with van der Waals surface area (Å²) < 4.78 is 5.58. The van der Waals surface area contributed by atoms with Crippen LogP contribution in [-0.4, -0.2) is 24.8 Å². The van der Waals surface area contributed by atoms with Gasteiger partial charge >= 0.3 is 0 Å². The first-order valence-electron chi connectivity index (χ1n) is 5.33. The van der Waals surface area contributed by atoms with Crippen LogP contribution in [0.1, 0.15) is 23.2 Å². The molecule has 1 aromatic rings. The Kier molecular flexibility index (Phi) is 1.96. The molecule has 2 aliphatic rings. The first-order valence-corrected chi connectivity index (χ1v) is 5.33. The smallest absolute Gasteiger partial charge is 0.227 e. The monoisotopic (exact) mass is 217 g/mol. The van der Waals surface area contributed by atoms with Crippen molar-refractivity contribution in [3.63, 3.8) is 0 Å². The van der Waals surface area contributed by atoms with E-state index in [0.717, 1.165) is 18.4 Å². The van der Waals surface area contributed by atoms with Gasteiger partial charge in [0.2, 0.25) is 5.91 Å². The molecule has 2 aliphatic heterocycles. The number of carbonyl (C=O) groups is 2. The van der Waals surface area contributed by atoms with Crippen LogP contribution < -0.4 is 9.64 Å².